The van der Waals surface area contributed by atoms with Crippen molar-refractivity contribution in [3.8, 4) is 11.4 Å². The number of aromatic nitrogens is 4. The van der Waals surface area contributed by atoms with E-state index in [9.17, 15) is 0 Å². The van der Waals surface area contributed by atoms with Gasteiger partial charge >= 0.3 is 0 Å². The van der Waals surface area contributed by atoms with Gasteiger partial charge in [0.2, 0.25) is 0 Å². The van der Waals surface area contributed by atoms with Gasteiger partial charge in [-0.3, -0.25) is 4.98 Å². The first-order chi connectivity index (χ1) is 8.22. The molecule has 0 bridgehead atoms. The lowest BCUT2D eigenvalue weighted by Gasteiger charge is -2.06. The summed E-state index contributed by atoms with van der Waals surface area (Å²) in [4.78, 5) is 4.34. The Hall–Kier alpha value is -1.43. The predicted molar refractivity (Wildman–Crippen MR) is 70.7 cm³/mol. The summed E-state index contributed by atoms with van der Waals surface area (Å²) >= 11 is 3.38. The van der Waals surface area contributed by atoms with Gasteiger partial charge in [0, 0.05) is 25.5 Å². The molecule has 0 radical (unpaired) electrons. The maximum absolute atomic E-state index is 4.34. The first-order valence-corrected chi connectivity index (χ1v) is 6.27. The summed E-state index contributed by atoms with van der Waals surface area (Å²) in [5.41, 5.74) is 2.79. The molecule has 2 aromatic rings. The highest BCUT2D eigenvalue weighted by atomic mass is 79.9. The zero-order chi connectivity index (χ0) is 12.3. The summed E-state index contributed by atoms with van der Waals surface area (Å²) in [6.45, 7) is 3.09. The number of aryl methyl sites for hydroxylation is 1. The summed E-state index contributed by atoms with van der Waals surface area (Å²) < 4.78 is 2.41. The molecule has 0 saturated carbocycles. The van der Waals surface area contributed by atoms with E-state index in [0.717, 1.165) is 30.0 Å². The van der Waals surface area contributed by atoms with Crippen LogP contribution in [0.4, 0.5) is 5.69 Å². The largest absolute Gasteiger partial charge is 0.385 e. The maximum atomic E-state index is 4.34. The van der Waals surface area contributed by atoms with Crippen molar-refractivity contribution in [3.63, 3.8) is 0 Å². The molecule has 0 amide bonds. The maximum Gasteiger partial charge on any atom is 0.157 e. The number of nitrogens with one attached hydrogen (secondary N) is 1. The monoisotopic (exact) mass is 295 g/mol. The molecule has 2 rings (SSSR count). The molecule has 0 aliphatic carbocycles. The average molecular weight is 296 g/mol. The number of nitrogens with zero attached hydrogens (tertiary/aromatic N) is 4. The minimum Gasteiger partial charge on any atom is -0.385 e. The fraction of sp³-hybridized carbons (Fsp3) is 0.364. The molecule has 0 unspecified atom stereocenters. The van der Waals surface area contributed by atoms with Crippen LogP contribution in [0.3, 0.4) is 0 Å². The van der Waals surface area contributed by atoms with E-state index in [1.54, 1.807) is 10.9 Å². The Morgan fingerprint density at radius 2 is 2.29 bits per heavy atom. The lowest BCUT2D eigenvalue weighted by Crippen LogP contribution is -2.01. The number of pyridine rings is 1. The van der Waals surface area contributed by atoms with Gasteiger partial charge in [0.05, 0.1) is 5.69 Å². The molecule has 2 heterocycles. The Kier molecular flexibility index (Phi) is 3.73. The first kappa shape index (κ1) is 12.0. The normalized spacial score (nSPS) is 10.5. The van der Waals surface area contributed by atoms with Crippen molar-refractivity contribution in [2.45, 2.75) is 13.3 Å². The summed E-state index contributed by atoms with van der Waals surface area (Å²) in [6.07, 6.45) is 2.88. The van der Waals surface area contributed by atoms with Crippen LogP contribution in [0.2, 0.25) is 0 Å². The van der Waals surface area contributed by atoms with Crippen LogP contribution in [0.25, 0.3) is 11.4 Å². The van der Waals surface area contributed by atoms with Crippen molar-refractivity contribution in [2.75, 3.05) is 11.9 Å². The fourth-order valence-corrected chi connectivity index (χ4v) is 2.07. The first-order valence-electron chi connectivity index (χ1n) is 5.48. The third kappa shape index (κ3) is 2.63. The highest BCUT2D eigenvalue weighted by Gasteiger charge is 2.11. The lowest BCUT2D eigenvalue weighted by molar-refractivity contribution is 0.718. The van der Waals surface area contributed by atoms with Crippen LogP contribution in [-0.2, 0) is 7.05 Å². The van der Waals surface area contributed by atoms with Gasteiger partial charge in [-0.1, -0.05) is 12.1 Å². The summed E-state index contributed by atoms with van der Waals surface area (Å²) in [5, 5.41) is 11.2. The molecule has 90 valence electrons. The van der Waals surface area contributed by atoms with E-state index in [1.807, 2.05) is 19.2 Å². The Bertz CT molecular complexity index is 489. The van der Waals surface area contributed by atoms with E-state index in [4.69, 9.17) is 0 Å². The van der Waals surface area contributed by atoms with Crippen molar-refractivity contribution in [3.05, 3.63) is 22.9 Å². The molecule has 2 aromatic heterocycles. The van der Waals surface area contributed by atoms with Gasteiger partial charge in [-0.15, -0.1) is 5.10 Å². The number of rotatable bonds is 4. The Morgan fingerprint density at radius 3 is 2.94 bits per heavy atom. The average Bonchev–Trinajstić information content (AvgIpc) is 2.67. The van der Waals surface area contributed by atoms with Gasteiger partial charge in [-0.05, 0) is 34.5 Å². The van der Waals surface area contributed by atoms with E-state index in [-0.39, 0.29) is 0 Å². The predicted octanol–water partition coefficient (Wildman–Crippen LogP) is 2.46. The molecule has 6 heteroatoms. The quantitative estimate of drug-likeness (QED) is 0.941. The minimum atomic E-state index is 0.708. The smallest absolute Gasteiger partial charge is 0.157 e. The lowest BCUT2D eigenvalue weighted by atomic mass is 10.2. The molecule has 1 N–H and O–H groups in total. The van der Waals surface area contributed by atoms with Crippen LogP contribution in [-0.4, -0.2) is 26.5 Å². The Balaban J connectivity index is 2.33. The molecular weight excluding hydrogens is 282 g/mol. The molecular formula is C11H14BrN5. The molecule has 0 saturated heterocycles. The van der Waals surface area contributed by atoms with E-state index in [2.05, 4.69) is 43.5 Å². The van der Waals surface area contributed by atoms with Gasteiger partial charge in [0.15, 0.2) is 4.60 Å². The van der Waals surface area contributed by atoms with Gasteiger partial charge in [-0.2, -0.15) is 0 Å². The topological polar surface area (TPSA) is 55.6 Å². The second-order valence-corrected chi connectivity index (χ2v) is 4.46. The van der Waals surface area contributed by atoms with Crippen LogP contribution in [0.5, 0.6) is 0 Å². The van der Waals surface area contributed by atoms with Crippen LogP contribution in [0, 0.1) is 0 Å². The number of halogens is 1. The zero-order valence-electron chi connectivity index (χ0n) is 9.81. The Labute approximate surface area is 108 Å². The van der Waals surface area contributed by atoms with Crippen LogP contribution in [0.15, 0.2) is 22.9 Å². The van der Waals surface area contributed by atoms with Crippen molar-refractivity contribution in [2.24, 2.45) is 7.05 Å². The standard InChI is InChI=1S/C11H14BrN5/c1-3-5-13-8-4-6-14-9(7-8)10-11(12)15-16-17(10)2/h4,6-7H,3,5H2,1-2H3,(H,13,14). The molecule has 0 fully saturated rings. The minimum absolute atomic E-state index is 0.708. The van der Waals surface area contributed by atoms with Crippen molar-refractivity contribution in [1.82, 2.24) is 20.0 Å². The van der Waals surface area contributed by atoms with Crippen LogP contribution < -0.4 is 5.32 Å². The molecule has 0 aliphatic heterocycles. The number of anilines is 1. The van der Waals surface area contributed by atoms with Gasteiger partial charge in [0.1, 0.15) is 5.69 Å². The molecule has 0 aromatic carbocycles. The molecule has 0 aliphatic rings. The molecule has 0 spiro atoms. The highest BCUT2D eigenvalue weighted by Crippen LogP contribution is 2.25. The van der Waals surface area contributed by atoms with Crippen LogP contribution in [0.1, 0.15) is 13.3 Å². The number of hydrogen-bond donors (Lipinski definition) is 1. The third-order valence-corrected chi connectivity index (χ3v) is 2.90. The second-order valence-electron chi connectivity index (χ2n) is 3.71. The Morgan fingerprint density at radius 1 is 1.47 bits per heavy atom. The van der Waals surface area contributed by atoms with Crippen LogP contribution >= 0.6 is 15.9 Å². The van der Waals surface area contributed by atoms with Crippen molar-refractivity contribution in [1.29, 1.82) is 0 Å². The van der Waals surface area contributed by atoms with E-state index < -0.39 is 0 Å². The summed E-state index contributed by atoms with van der Waals surface area (Å²) in [6, 6.07) is 3.95. The zero-order valence-corrected chi connectivity index (χ0v) is 11.4. The third-order valence-electron chi connectivity index (χ3n) is 2.37. The molecule has 0 atom stereocenters. The molecule has 5 nitrogen and oxygen atoms in total. The SMILES string of the molecule is CCCNc1ccnc(-c2c(Br)nnn2C)c1. The van der Waals surface area contributed by atoms with Gasteiger partial charge in [-0.25, -0.2) is 4.68 Å². The van der Waals surface area contributed by atoms with E-state index >= 15 is 0 Å². The van der Waals surface area contributed by atoms with E-state index in [0.29, 0.717) is 4.60 Å². The summed E-state index contributed by atoms with van der Waals surface area (Å²) in [5.74, 6) is 0. The fourth-order valence-electron chi connectivity index (χ4n) is 1.54. The highest BCUT2D eigenvalue weighted by molar-refractivity contribution is 9.10. The second kappa shape index (κ2) is 5.27. The van der Waals surface area contributed by atoms with Crippen molar-refractivity contribution >= 4 is 21.6 Å². The van der Waals surface area contributed by atoms with Gasteiger partial charge < -0.3 is 5.32 Å². The molecule has 17 heavy (non-hydrogen) atoms. The summed E-state index contributed by atoms with van der Waals surface area (Å²) in [7, 11) is 1.85. The van der Waals surface area contributed by atoms with E-state index in [1.165, 1.54) is 0 Å². The van der Waals surface area contributed by atoms with Crippen molar-refractivity contribution < 1.29 is 0 Å². The van der Waals surface area contributed by atoms with Gasteiger partial charge in [0.25, 0.3) is 0 Å². The number of hydrogen-bond acceptors (Lipinski definition) is 4.